The van der Waals surface area contributed by atoms with Crippen molar-refractivity contribution in [2.24, 2.45) is 7.05 Å². The van der Waals surface area contributed by atoms with E-state index in [4.69, 9.17) is 0 Å². The number of pyridine rings is 1. The normalized spacial score (nSPS) is 10.9. The number of aromatic nitrogens is 3. The second kappa shape index (κ2) is 6.20. The van der Waals surface area contributed by atoms with E-state index < -0.39 is 0 Å². The Kier molecular flexibility index (Phi) is 4.10. The summed E-state index contributed by atoms with van der Waals surface area (Å²) in [5, 5.41) is 2.97. The number of hydrogen-bond acceptors (Lipinski definition) is 3. The first kappa shape index (κ1) is 15.2. The van der Waals surface area contributed by atoms with Crippen LogP contribution >= 0.6 is 0 Å². The number of carbonyl (C=O) groups is 1. The number of nitrogens with one attached hydrogen (secondary N) is 1. The molecule has 0 unspecified atom stereocenters. The van der Waals surface area contributed by atoms with Gasteiger partial charge in [0.15, 0.2) is 5.65 Å². The molecule has 1 aromatic carbocycles. The van der Waals surface area contributed by atoms with E-state index >= 15 is 0 Å². The molecular formula is C18H20N4O. The van der Waals surface area contributed by atoms with Crippen LogP contribution in [0.5, 0.6) is 0 Å². The number of amides is 1. The van der Waals surface area contributed by atoms with Crippen LogP contribution in [0.3, 0.4) is 0 Å². The maximum atomic E-state index is 12.3. The van der Waals surface area contributed by atoms with Crippen LogP contribution in [-0.4, -0.2) is 27.0 Å². The van der Waals surface area contributed by atoms with E-state index in [1.807, 2.05) is 55.8 Å². The van der Waals surface area contributed by atoms with Gasteiger partial charge in [-0.15, -0.1) is 0 Å². The molecule has 2 aromatic heterocycles. The monoisotopic (exact) mass is 308 g/mol. The SMILES string of the molecule is Cc1ccc(C(=O)NCCc2nc3cccnc3n2C)c(C)c1. The highest BCUT2D eigenvalue weighted by Gasteiger charge is 2.11. The second-order valence-corrected chi connectivity index (χ2v) is 5.76. The maximum Gasteiger partial charge on any atom is 0.251 e. The molecule has 0 fully saturated rings. The molecule has 3 aromatic rings. The minimum atomic E-state index is -0.0422. The Bertz CT molecular complexity index is 867. The standard InChI is InChI=1S/C18H20N4O/c1-12-6-7-14(13(2)11-12)18(23)20-10-8-16-21-15-5-4-9-19-17(15)22(16)3/h4-7,9,11H,8,10H2,1-3H3,(H,20,23). The predicted molar refractivity (Wildman–Crippen MR) is 90.5 cm³/mol. The Balaban J connectivity index is 1.66. The van der Waals surface area contributed by atoms with Gasteiger partial charge in [-0.2, -0.15) is 0 Å². The molecule has 5 nitrogen and oxygen atoms in total. The topological polar surface area (TPSA) is 59.8 Å². The van der Waals surface area contributed by atoms with E-state index in [2.05, 4.69) is 15.3 Å². The van der Waals surface area contributed by atoms with Crippen molar-refractivity contribution in [3.8, 4) is 0 Å². The molecule has 0 saturated heterocycles. The molecule has 1 amide bonds. The molecular weight excluding hydrogens is 288 g/mol. The highest BCUT2D eigenvalue weighted by molar-refractivity contribution is 5.95. The van der Waals surface area contributed by atoms with Crippen LogP contribution in [0.4, 0.5) is 0 Å². The first-order chi connectivity index (χ1) is 11.1. The number of carbonyl (C=O) groups excluding carboxylic acids is 1. The van der Waals surface area contributed by atoms with Crippen molar-refractivity contribution in [2.45, 2.75) is 20.3 Å². The molecule has 0 aliphatic rings. The third-order valence-corrected chi connectivity index (χ3v) is 3.98. The van der Waals surface area contributed by atoms with Crippen LogP contribution in [0.1, 0.15) is 27.3 Å². The average Bonchev–Trinajstić information content (AvgIpc) is 2.84. The highest BCUT2D eigenvalue weighted by atomic mass is 16.1. The third-order valence-electron chi connectivity index (χ3n) is 3.98. The average molecular weight is 308 g/mol. The Morgan fingerprint density at radius 1 is 1.26 bits per heavy atom. The number of fused-ring (bicyclic) bond motifs is 1. The maximum absolute atomic E-state index is 12.3. The zero-order valence-corrected chi connectivity index (χ0v) is 13.6. The van der Waals surface area contributed by atoms with Gasteiger partial charge in [0.2, 0.25) is 0 Å². The summed E-state index contributed by atoms with van der Waals surface area (Å²) < 4.78 is 1.97. The van der Waals surface area contributed by atoms with Crippen molar-refractivity contribution < 1.29 is 4.79 Å². The lowest BCUT2D eigenvalue weighted by Crippen LogP contribution is -2.27. The zero-order chi connectivity index (χ0) is 16.4. The van der Waals surface area contributed by atoms with Gasteiger partial charge in [-0.05, 0) is 37.6 Å². The summed E-state index contributed by atoms with van der Waals surface area (Å²) in [6, 6.07) is 9.67. The lowest BCUT2D eigenvalue weighted by atomic mass is 10.1. The lowest BCUT2D eigenvalue weighted by Gasteiger charge is -2.08. The summed E-state index contributed by atoms with van der Waals surface area (Å²) in [4.78, 5) is 21.2. The van der Waals surface area contributed by atoms with Gasteiger partial charge < -0.3 is 9.88 Å². The third kappa shape index (κ3) is 3.08. The van der Waals surface area contributed by atoms with Gasteiger partial charge in [-0.1, -0.05) is 17.7 Å². The van der Waals surface area contributed by atoms with Crippen LogP contribution in [0, 0.1) is 13.8 Å². The molecule has 0 spiro atoms. The van der Waals surface area contributed by atoms with Crippen LogP contribution < -0.4 is 5.32 Å². The van der Waals surface area contributed by atoms with E-state index in [9.17, 15) is 4.79 Å². The van der Waals surface area contributed by atoms with Gasteiger partial charge in [0.05, 0.1) is 0 Å². The van der Waals surface area contributed by atoms with E-state index in [0.29, 0.717) is 13.0 Å². The fourth-order valence-electron chi connectivity index (χ4n) is 2.75. The number of rotatable bonds is 4. The molecule has 0 atom stereocenters. The van der Waals surface area contributed by atoms with Crippen LogP contribution in [0.25, 0.3) is 11.2 Å². The van der Waals surface area contributed by atoms with Crippen molar-refractivity contribution in [3.63, 3.8) is 0 Å². The minimum absolute atomic E-state index is 0.0422. The van der Waals surface area contributed by atoms with Crippen LogP contribution in [0.15, 0.2) is 36.5 Å². The first-order valence-electron chi connectivity index (χ1n) is 7.68. The second-order valence-electron chi connectivity index (χ2n) is 5.76. The zero-order valence-electron chi connectivity index (χ0n) is 13.6. The molecule has 0 aliphatic heterocycles. The van der Waals surface area contributed by atoms with Crippen molar-refractivity contribution in [3.05, 3.63) is 59.0 Å². The molecule has 2 heterocycles. The summed E-state index contributed by atoms with van der Waals surface area (Å²) >= 11 is 0. The summed E-state index contributed by atoms with van der Waals surface area (Å²) in [7, 11) is 1.95. The lowest BCUT2D eigenvalue weighted by molar-refractivity contribution is 0.0953. The first-order valence-corrected chi connectivity index (χ1v) is 7.68. The molecule has 0 saturated carbocycles. The van der Waals surface area contributed by atoms with Gasteiger partial charge in [0.25, 0.3) is 5.91 Å². The predicted octanol–water partition coefficient (Wildman–Crippen LogP) is 2.56. The van der Waals surface area contributed by atoms with E-state index in [-0.39, 0.29) is 5.91 Å². The summed E-state index contributed by atoms with van der Waals surface area (Å²) in [6.45, 7) is 4.52. The Hall–Kier alpha value is -2.69. The van der Waals surface area contributed by atoms with Crippen molar-refractivity contribution in [1.82, 2.24) is 19.9 Å². The molecule has 3 rings (SSSR count). The molecule has 0 bridgehead atoms. The highest BCUT2D eigenvalue weighted by Crippen LogP contribution is 2.12. The summed E-state index contributed by atoms with van der Waals surface area (Å²) in [5.41, 5.74) is 4.62. The summed E-state index contributed by atoms with van der Waals surface area (Å²) in [6.07, 6.45) is 2.43. The van der Waals surface area contributed by atoms with Crippen molar-refractivity contribution >= 4 is 17.1 Å². The van der Waals surface area contributed by atoms with Gasteiger partial charge in [0, 0.05) is 31.8 Å². The largest absolute Gasteiger partial charge is 0.352 e. The molecule has 0 aliphatic carbocycles. The summed E-state index contributed by atoms with van der Waals surface area (Å²) in [5.74, 6) is 0.874. The van der Waals surface area contributed by atoms with Gasteiger partial charge >= 0.3 is 0 Å². The molecule has 23 heavy (non-hydrogen) atoms. The number of imidazole rings is 1. The smallest absolute Gasteiger partial charge is 0.251 e. The number of aryl methyl sites for hydroxylation is 3. The fraction of sp³-hybridized carbons (Fsp3) is 0.278. The van der Waals surface area contributed by atoms with Gasteiger partial charge in [-0.3, -0.25) is 4.79 Å². The molecule has 0 radical (unpaired) electrons. The molecule has 1 N–H and O–H groups in total. The molecule has 5 heteroatoms. The van der Waals surface area contributed by atoms with Crippen LogP contribution in [-0.2, 0) is 13.5 Å². The number of hydrogen-bond donors (Lipinski definition) is 1. The van der Waals surface area contributed by atoms with E-state index in [0.717, 1.165) is 33.7 Å². The van der Waals surface area contributed by atoms with Crippen LogP contribution in [0.2, 0.25) is 0 Å². The fourth-order valence-corrected chi connectivity index (χ4v) is 2.75. The Morgan fingerprint density at radius 3 is 2.83 bits per heavy atom. The quantitative estimate of drug-likeness (QED) is 0.806. The van der Waals surface area contributed by atoms with E-state index in [1.54, 1.807) is 6.20 Å². The Labute approximate surface area is 135 Å². The van der Waals surface area contributed by atoms with E-state index in [1.165, 1.54) is 0 Å². The minimum Gasteiger partial charge on any atom is -0.352 e. The van der Waals surface area contributed by atoms with Gasteiger partial charge in [0.1, 0.15) is 11.3 Å². The van der Waals surface area contributed by atoms with Crippen molar-refractivity contribution in [2.75, 3.05) is 6.54 Å². The number of nitrogens with zero attached hydrogens (tertiary/aromatic N) is 3. The van der Waals surface area contributed by atoms with Gasteiger partial charge in [-0.25, -0.2) is 9.97 Å². The molecule has 118 valence electrons. The van der Waals surface area contributed by atoms with Crippen molar-refractivity contribution in [1.29, 1.82) is 0 Å². The Morgan fingerprint density at radius 2 is 2.09 bits per heavy atom. The number of benzene rings is 1.